The molecule has 0 saturated heterocycles. The van der Waals surface area contributed by atoms with Crippen LogP contribution in [-0.4, -0.2) is 17.6 Å². The Bertz CT molecular complexity index is 600. The molecule has 3 nitrogen and oxygen atoms in total. The first-order valence-electron chi connectivity index (χ1n) is 6.89. The van der Waals surface area contributed by atoms with E-state index < -0.39 is 0 Å². The molecule has 0 amide bonds. The summed E-state index contributed by atoms with van der Waals surface area (Å²) in [6.07, 6.45) is 1.77. The number of aromatic nitrogens is 1. The highest BCUT2D eigenvalue weighted by Crippen LogP contribution is 2.25. The van der Waals surface area contributed by atoms with E-state index in [2.05, 4.69) is 46.4 Å². The van der Waals surface area contributed by atoms with Crippen LogP contribution in [-0.2, 0) is 13.1 Å². The molecule has 0 saturated carbocycles. The Morgan fingerprint density at radius 2 is 2.20 bits per heavy atom. The Morgan fingerprint density at radius 3 is 3.05 bits per heavy atom. The molecule has 1 aromatic carbocycles. The Morgan fingerprint density at radius 1 is 1.35 bits per heavy atom. The van der Waals surface area contributed by atoms with Crippen LogP contribution in [0.2, 0.25) is 5.02 Å². The topological polar surface area (TPSA) is 28.2 Å². The fourth-order valence-electron chi connectivity index (χ4n) is 2.63. The quantitative estimate of drug-likeness (QED) is 0.919. The molecule has 2 aromatic rings. The molecule has 1 aliphatic rings. The van der Waals surface area contributed by atoms with E-state index in [0.717, 1.165) is 30.4 Å². The van der Waals surface area contributed by atoms with Crippen LogP contribution in [0.15, 0.2) is 42.6 Å². The summed E-state index contributed by atoms with van der Waals surface area (Å²) in [5.41, 5.74) is 3.62. The molecule has 0 aliphatic carbocycles. The first-order valence-corrected chi connectivity index (χ1v) is 7.27. The van der Waals surface area contributed by atoms with Crippen LogP contribution in [0.5, 0.6) is 0 Å². The minimum atomic E-state index is 0.446. The predicted molar refractivity (Wildman–Crippen MR) is 83.0 cm³/mol. The van der Waals surface area contributed by atoms with Crippen molar-refractivity contribution >= 4 is 17.3 Å². The second-order valence-electron chi connectivity index (χ2n) is 5.26. The van der Waals surface area contributed by atoms with Crippen molar-refractivity contribution in [3.05, 3.63) is 58.9 Å². The second-order valence-corrected chi connectivity index (χ2v) is 5.69. The molecule has 0 bridgehead atoms. The standard InChI is InChI=1S/C16H18ClN3/c1-12-10-20(11-15-8-14(17)6-7-18-15)16-5-3-2-4-13(16)9-19-12/h2-8,12,19H,9-11H2,1H3. The van der Waals surface area contributed by atoms with Gasteiger partial charge >= 0.3 is 0 Å². The number of para-hydroxylation sites is 1. The maximum absolute atomic E-state index is 6.05. The zero-order chi connectivity index (χ0) is 13.9. The highest BCUT2D eigenvalue weighted by atomic mass is 35.5. The zero-order valence-electron chi connectivity index (χ0n) is 11.5. The van der Waals surface area contributed by atoms with E-state index in [9.17, 15) is 0 Å². The maximum Gasteiger partial charge on any atom is 0.0611 e. The number of nitrogens with zero attached hydrogens (tertiary/aromatic N) is 2. The minimum absolute atomic E-state index is 0.446. The Balaban J connectivity index is 1.90. The van der Waals surface area contributed by atoms with E-state index in [1.807, 2.05) is 12.1 Å². The normalized spacial score (nSPS) is 18.5. The Kier molecular flexibility index (Phi) is 3.90. The van der Waals surface area contributed by atoms with Gasteiger partial charge in [0.25, 0.3) is 0 Å². The molecule has 1 unspecified atom stereocenters. The first kappa shape index (κ1) is 13.4. The molecular weight excluding hydrogens is 270 g/mol. The summed E-state index contributed by atoms with van der Waals surface area (Å²) in [7, 11) is 0. The van der Waals surface area contributed by atoms with Crippen molar-refractivity contribution in [2.75, 3.05) is 11.4 Å². The molecule has 2 heterocycles. The van der Waals surface area contributed by atoms with Crippen LogP contribution in [0, 0.1) is 0 Å². The largest absolute Gasteiger partial charge is 0.364 e. The van der Waals surface area contributed by atoms with Gasteiger partial charge in [0.1, 0.15) is 0 Å². The third-order valence-electron chi connectivity index (χ3n) is 3.60. The summed E-state index contributed by atoms with van der Waals surface area (Å²) in [5, 5.41) is 4.28. The molecule has 0 fully saturated rings. The minimum Gasteiger partial charge on any atom is -0.364 e. The van der Waals surface area contributed by atoms with Gasteiger partial charge in [-0.25, -0.2) is 0 Å². The van der Waals surface area contributed by atoms with Crippen molar-refractivity contribution in [3.8, 4) is 0 Å². The number of nitrogens with one attached hydrogen (secondary N) is 1. The molecule has 104 valence electrons. The van der Waals surface area contributed by atoms with Gasteiger partial charge in [0.15, 0.2) is 0 Å². The smallest absolute Gasteiger partial charge is 0.0611 e. The fourth-order valence-corrected chi connectivity index (χ4v) is 2.81. The van der Waals surface area contributed by atoms with E-state index in [-0.39, 0.29) is 0 Å². The molecule has 3 rings (SSSR count). The summed E-state index contributed by atoms with van der Waals surface area (Å²) in [6, 6.07) is 12.7. The number of hydrogen-bond donors (Lipinski definition) is 1. The van der Waals surface area contributed by atoms with Gasteiger partial charge in [-0.2, -0.15) is 0 Å². The zero-order valence-corrected chi connectivity index (χ0v) is 12.3. The van der Waals surface area contributed by atoms with Gasteiger partial charge in [-0.3, -0.25) is 4.98 Å². The lowest BCUT2D eigenvalue weighted by atomic mass is 10.1. The van der Waals surface area contributed by atoms with E-state index in [1.54, 1.807) is 6.20 Å². The van der Waals surface area contributed by atoms with Crippen molar-refractivity contribution in [1.82, 2.24) is 10.3 Å². The number of hydrogen-bond acceptors (Lipinski definition) is 3. The summed E-state index contributed by atoms with van der Waals surface area (Å²) >= 11 is 6.05. The Labute approximate surface area is 124 Å². The molecule has 1 N–H and O–H groups in total. The molecule has 1 atom stereocenters. The first-order chi connectivity index (χ1) is 9.72. The lowest BCUT2D eigenvalue weighted by Gasteiger charge is -2.26. The van der Waals surface area contributed by atoms with Crippen LogP contribution in [0.1, 0.15) is 18.2 Å². The van der Waals surface area contributed by atoms with E-state index in [1.165, 1.54) is 11.3 Å². The summed E-state index contributed by atoms with van der Waals surface area (Å²) in [6.45, 7) is 4.87. The molecule has 0 spiro atoms. The monoisotopic (exact) mass is 287 g/mol. The van der Waals surface area contributed by atoms with Crippen LogP contribution in [0.25, 0.3) is 0 Å². The lowest BCUT2D eigenvalue weighted by molar-refractivity contribution is 0.551. The Hall–Kier alpha value is -1.58. The van der Waals surface area contributed by atoms with Gasteiger partial charge < -0.3 is 10.2 Å². The molecule has 20 heavy (non-hydrogen) atoms. The van der Waals surface area contributed by atoms with Crippen LogP contribution in [0.4, 0.5) is 5.69 Å². The summed E-state index contributed by atoms with van der Waals surface area (Å²) in [4.78, 5) is 6.79. The molecule has 1 aliphatic heterocycles. The van der Waals surface area contributed by atoms with Gasteiger partial charge in [-0.15, -0.1) is 0 Å². The van der Waals surface area contributed by atoms with Gasteiger partial charge in [0.2, 0.25) is 0 Å². The van der Waals surface area contributed by atoms with Crippen LogP contribution in [0.3, 0.4) is 0 Å². The number of halogens is 1. The third-order valence-corrected chi connectivity index (χ3v) is 3.83. The van der Waals surface area contributed by atoms with Gasteiger partial charge in [-0.1, -0.05) is 29.8 Å². The van der Waals surface area contributed by atoms with Crippen molar-refractivity contribution in [2.24, 2.45) is 0 Å². The van der Waals surface area contributed by atoms with Crippen LogP contribution >= 0.6 is 11.6 Å². The summed E-state index contributed by atoms with van der Waals surface area (Å²) < 4.78 is 0. The predicted octanol–water partition coefficient (Wildman–Crippen LogP) is 3.23. The van der Waals surface area contributed by atoms with E-state index >= 15 is 0 Å². The van der Waals surface area contributed by atoms with E-state index in [0.29, 0.717) is 6.04 Å². The number of rotatable bonds is 2. The van der Waals surface area contributed by atoms with Gasteiger partial charge in [0, 0.05) is 36.0 Å². The molecule has 1 aromatic heterocycles. The van der Waals surface area contributed by atoms with Crippen molar-refractivity contribution < 1.29 is 0 Å². The molecule has 0 radical (unpaired) electrons. The van der Waals surface area contributed by atoms with Crippen molar-refractivity contribution in [2.45, 2.75) is 26.1 Å². The van der Waals surface area contributed by atoms with Crippen molar-refractivity contribution in [3.63, 3.8) is 0 Å². The number of benzene rings is 1. The second kappa shape index (κ2) is 5.81. The average molecular weight is 288 g/mol. The van der Waals surface area contributed by atoms with Crippen LogP contribution < -0.4 is 10.2 Å². The number of pyridine rings is 1. The van der Waals surface area contributed by atoms with Gasteiger partial charge in [-0.05, 0) is 30.7 Å². The lowest BCUT2D eigenvalue weighted by Crippen LogP contribution is -2.35. The summed E-state index contributed by atoms with van der Waals surface area (Å²) in [5.74, 6) is 0. The van der Waals surface area contributed by atoms with Gasteiger partial charge in [0.05, 0.1) is 12.2 Å². The average Bonchev–Trinajstić information content (AvgIpc) is 2.59. The van der Waals surface area contributed by atoms with Crippen molar-refractivity contribution in [1.29, 1.82) is 0 Å². The molecule has 4 heteroatoms. The maximum atomic E-state index is 6.05. The molecular formula is C16H18ClN3. The number of anilines is 1. The third kappa shape index (κ3) is 2.94. The highest BCUT2D eigenvalue weighted by Gasteiger charge is 2.19. The van der Waals surface area contributed by atoms with E-state index in [4.69, 9.17) is 11.6 Å². The highest BCUT2D eigenvalue weighted by molar-refractivity contribution is 6.30. The number of fused-ring (bicyclic) bond motifs is 1. The SMILES string of the molecule is CC1CN(Cc2cc(Cl)ccn2)c2ccccc2CN1. The fraction of sp³-hybridized carbons (Fsp3) is 0.312.